The van der Waals surface area contributed by atoms with Crippen molar-refractivity contribution in [3.05, 3.63) is 0 Å². The molecule has 67 valence electrons. The molecule has 0 aromatic carbocycles. The van der Waals surface area contributed by atoms with E-state index in [4.69, 9.17) is 5.14 Å². The standard InChI is InChI=1S/C4H7F3NO2S/c1-2-3(5)4(6,7)11(8,9)10/h3,8H,2H2,1H3. The van der Waals surface area contributed by atoms with E-state index in [-0.39, 0.29) is 0 Å². The Balaban J connectivity index is 4.74. The zero-order valence-electron chi connectivity index (χ0n) is 5.64. The SMILES string of the molecule is CCC(F)C(F)(F)S([NH])(=O)=O. The van der Waals surface area contributed by atoms with Crippen molar-refractivity contribution in [1.82, 2.24) is 5.14 Å². The Morgan fingerprint density at radius 1 is 1.55 bits per heavy atom. The molecule has 0 spiro atoms. The first kappa shape index (κ1) is 10.7. The Hall–Kier alpha value is -0.300. The molecule has 11 heavy (non-hydrogen) atoms. The summed E-state index contributed by atoms with van der Waals surface area (Å²) in [6, 6.07) is 0. The van der Waals surface area contributed by atoms with Crippen molar-refractivity contribution >= 4 is 10.0 Å². The molecule has 1 unspecified atom stereocenters. The summed E-state index contributed by atoms with van der Waals surface area (Å²) in [5, 5.41) is 1.37. The lowest BCUT2D eigenvalue weighted by Crippen LogP contribution is -2.38. The fourth-order valence-corrected chi connectivity index (χ4v) is 0.909. The Bertz CT molecular complexity index is 225. The molecular weight excluding hydrogens is 183 g/mol. The van der Waals surface area contributed by atoms with E-state index in [1.165, 1.54) is 0 Å². The van der Waals surface area contributed by atoms with Crippen LogP contribution in [-0.4, -0.2) is 19.8 Å². The summed E-state index contributed by atoms with van der Waals surface area (Å²) < 4.78 is 56.4. The average Bonchev–Trinajstić information content (AvgIpc) is 1.83. The second kappa shape index (κ2) is 2.98. The fourth-order valence-electron chi connectivity index (χ4n) is 0.406. The van der Waals surface area contributed by atoms with Gasteiger partial charge in [0.25, 0.3) is 10.0 Å². The van der Waals surface area contributed by atoms with Gasteiger partial charge in [-0.05, 0) is 6.42 Å². The lowest BCUT2D eigenvalue weighted by molar-refractivity contribution is 0.00315. The molecule has 0 aliphatic carbocycles. The van der Waals surface area contributed by atoms with Crippen LogP contribution < -0.4 is 5.14 Å². The van der Waals surface area contributed by atoms with Crippen LogP contribution in [0.3, 0.4) is 0 Å². The zero-order valence-corrected chi connectivity index (χ0v) is 6.46. The molecule has 0 saturated carbocycles. The monoisotopic (exact) mass is 190 g/mol. The second-order valence-electron chi connectivity index (χ2n) is 1.94. The highest BCUT2D eigenvalue weighted by Gasteiger charge is 2.50. The number of rotatable bonds is 3. The summed E-state index contributed by atoms with van der Waals surface area (Å²) in [6.45, 7) is 1.07. The molecule has 1 N–H and O–H groups in total. The molecular formula is C4H7F3NO2S. The Kier molecular flexibility index (Phi) is 2.90. The minimum absolute atomic E-state index is 0.634. The quantitative estimate of drug-likeness (QED) is 0.664. The lowest BCUT2D eigenvalue weighted by atomic mass is 10.3. The van der Waals surface area contributed by atoms with E-state index in [1.807, 2.05) is 0 Å². The molecule has 0 aliphatic heterocycles. The lowest BCUT2D eigenvalue weighted by Gasteiger charge is -2.15. The smallest absolute Gasteiger partial charge is 0.240 e. The van der Waals surface area contributed by atoms with Gasteiger partial charge in [0, 0.05) is 0 Å². The number of hydrogen-bond donors (Lipinski definition) is 0. The van der Waals surface area contributed by atoms with Gasteiger partial charge < -0.3 is 0 Å². The summed E-state index contributed by atoms with van der Waals surface area (Å²) in [5.74, 6) is 0. The fraction of sp³-hybridized carbons (Fsp3) is 1.00. The minimum atomic E-state index is -5.37. The van der Waals surface area contributed by atoms with Gasteiger partial charge in [-0.2, -0.15) is 8.78 Å². The highest BCUT2D eigenvalue weighted by Crippen LogP contribution is 2.28. The van der Waals surface area contributed by atoms with Crippen LogP contribution in [0.2, 0.25) is 0 Å². The number of nitrogens with one attached hydrogen (secondary N) is 1. The maximum absolute atomic E-state index is 12.2. The van der Waals surface area contributed by atoms with Crippen LogP contribution in [-0.2, 0) is 10.0 Å². The second-order valence-corrected chi connectivity index (χ2v) is 3.49. The van der Waals surface area contributed by atoms with Crippen LogP contribution in [0.5, 0.6) is 0 Å². The molecule has 0 aliphatic rings. The number of alkyl halides is 3. The van der Waals surface area contributed by atoms with Gasteiger partial charge in [-0.15, -0.1) is 5.14 Å². The van der Waals surface area contributed by atoms with Gasteiger partial charge in [0.1, 0.15) is 0 Å². The molecule has 0 aromatic rings. The first-order valence-electron chi connectivity index (χ1n) is 2.74. The molecule has 7 heteroatoms. The molecule has 0 saturated heterocycles. The van der Waals surface area contributed by atoms with E-state index >= 15 is 0 Å². The van der Waals surface area contributed by atoms with Crippen molar-refractivity contribution < 1.29 is 21.6 Å². The van der Waals surface area contributed by atoms with Crippen LogP contribution in [0.4, 0.5) is 13.2 Å². The zero-order chi connectivity index (χ0) is 9.28. The van der Waals surface area contributed by atoms with Gasteiger partial charge in [0.2, 0.25) is 0 Å². The van der Waals surface area contributed by atoms with Crippen molar-refractivity contribution in [2.24, 2.45) is 0 Å². The number of sulfonamides is 1. The minimum Gasteiger partial charge on any atom is -0.240 e. The highest BCUT2D eigenvalue weighted by atomic mass is 32.2. The Morgan fingerprint density at radius 2 is 1.91 bits per heavy atom. The molecule has 1 radical (unpaired) electrons. The van der Waals surface area contributed by atoms with E-state index in [2.05, 4.69) is 0 Å². The third kappa shape index (κ3) is 2.06. The normalized spacial score (nSPS) is 16.5. The Morgan fingerprint density at radius 3 is 2.00 bits per heavy atom. The first-order valence-corrected chi connectivity index (χ1v) is 4.22. The van der Waals surface area contributed by atoms with Crippen LogP contribution in [0.15, 0.2) is 0 Å². The van der Waals surface area contributed by atoms with E-state index in [0.29, 0.717) is 0 Å². The van der Waals surface area contributed by atoms with E-state index in [0.717, 1.165) is 6.92 Å². The maximum Gasteiger partial charge on any atom is 0.390 e. The molecule has 0 amide bonds. The summed E-state index contributed by atoms with van der Waals surface area (Å²) in [7, 11) is -5.37. The van der Waals surface area contributed by atoms with Crippen LogP contribution in [0.1, 0.15) is 13.3 Å². The highest BCUT2D eigenvalue weighted by molar-refractivity contribution is 7.89. The van der Waals surface area contributed by atoms with Crippen LogP contribution >= 0.6 is 0 Å². The number of hydrogen-bond acceptors (Lipinski definition) is 2. The van der Waals surface area contributed by atoms with Crippen molar-refractivity contribution in [1.29, 1.82) is 0 Å². The third-order valence-corrected chi connectivity index (χ3v) is 2.05. The summed E-state index contributed by atoms with van der Waals surface area (Å²) in [6.07, 6.45) is -3.43. The molecule has 0 heterocycles. The van der Waals surface area contributed by atoms with Crippen molar-refractivity contribution in [2.45, 2.75) is 24.8 Å². The van der Waals surface area contributed by atoms with Gasteiger partial charge in [-0.1, -0.05) is 6.92 Å². The average molecular weight is 190 g/mol. The molecule has 0 aromatic heterocycles. The van der Waals surface area contributed by atoms with Crippen molar-refractivity contribution in [3.63, 3.8) is 0 Å². The van der Waals surface area contributed by atoms with Gasteiger partial charge >= 0.3 is 5.25 Å². The van der Waals surface area contributed by atoms with Crippen LogP contribution in [0, 0.1) is 0 Å². The van der Waals surface area contributed by atoms with Gasteiger partial charge in [0.15, 0.2) is 6.17 Å². The molecule has 0 bridgehead atoms. The molecule has 0 fully saturated rings. The predicted molar refractivity (Wildman–Crippen MR) is 32.2 cm³/mol. The Labute approximate surface area is 62.4 Å². The molecule has 0 rings (SSSR count). The summed E-state index contributed by atoms with van der Waals surface area (Å²) in [5.41, 5.74) is 0. The maximum atomic E-state index is 12.2. The third-order valence-electron chi connectivity index (χ3n) is 1.08. The van der Waals surface area contributed by atoms with Crippen molar-refractivity contribution in [2.75, 3.05) is 0 Å². The number of halogens is 3. The summed E-state index contributed by atoms with van der Waals surface area (Å²) >= 11 is 0. The van der Waals surface area contributed by atoms with Crippen molar-refractivity contribution in [3.8, 4) is 0 Å². The first-order chi connectivity index (χ1) is 4.73. The molecule has 1 atom stereocenters. The van der Waals surface area contributed by atoms with Gasteiger partial charge in [-0.25, -0.2) is 12.8 Å². The van der Waals surface area contributed by atoms with E-state index in [9.17, 15) is 21.6 Å². The predicted octanol–water partition coefficient (Wildman–Crippen LogP) is 0.940. The topological polar surface area (TPSA) is 57.9 Å². The molecule has 3 nitrogen and oxygen atoms in total. The van der Waals surface area contributed by atoms with Crippen LogP contribution in [0.25, 0.3) is 0 Å². The van der Waals surface area contributed by atoms with E-state index in [1.54, 1.807) is 0 Å². The van der Waals surface area contributed by atoms with Gasteiger partial charge in [0.05, 0.1) is 0 Å². The van der Waals surface area contributed by atoms with Gasteiger partial charge in [-0.3, -0.25) is 0 Å². The van der Waals surface area contributed by atoms with E-state index < -0.39 is 27.9 Å². The largest absolute Gasteiger partial charge is 0.390 e. The summed E-state index contributed by atoms with van der Waals surface area (Å²) in [4.78, 5) is 0.